The van der Waals surface area contributed by atoms with Gasteiger partial charge in [-0.05, 0) is 31.2 Å². The number of benzene rings is 1. The van der Waals surface area contributed by atoms with Crippen LogP contribution in [0.4, 0.5) is 13.2 Å². The molecule has 0 aliphatic rings. The lowest BCUT2D eigenvalue weighted by molar-refractivity contribution is -0.192. The third kappa shape index (κ3) is 6.75. The Morgan fingerprint density at radius 2 is 1.83 bits per heavy atom. The summed E-state index contributed by atoms with van der Waals surface area (Å²) in [5, 5.41) is 18.5. The summed E-state index contributed by atoms with van der Waals surface area (Å²) < 4.78 is 33.6. The lowest BCUT2D eigenvalue weighted by atomic mass is 10.1. The average molecular weight is 409 g/mol. The van der Waals surface area contributed by atoms with Crippen molar-refractivity contribution in [3.8, 4) is 11.3 Å². The molecule has 0 amide bonds. The van der Waals surface area contributed by atoms with Crippen molar-refractivity contribution < 1.29 is 23.1 Å². The third-order valence-corrected chi connectivity index (χ3v) is 4.02. The number of carboxylic acids is 1. The molecule has 3 rings (SSSR count). The van der Waals surface area contributed by atoms with Crippen LogP contribution in [0.3, 0.4) is 0 Å². The lowest BCUT2D eigenvalue weighted by Crippen LogP contribution is -2.21. The van der Waals surface area contributed by atoms with Crippen molar-refractivity contribution in [3.63, 3.8) is 0 Å². The second-order valence-corrected chi connectivity index (χ2v) is 6.56. The van der Waals surface area contributed by atoms with Crippen LogP contribution in [-0.2, 0) is 24.9 Å². The predicted molar refractivity (Wildman–Crippen MR) is 101 cm³/mol. The monoisotopic (exact) mass is 409 g/mol. The summed E-state index contributed by atoms with van der Waals surface area (Å²) in [5.74, 6) is -2.76. The van der Waals surface area contributed by atoms with E-state index in [-0.39, 0.29) is 0 Å². The van der Waals surface area contributed by atoms with Crippen LogP contribution in [0.5, 0.6) is 0 Å². The van der Waals surface area contributed by atoms with Gasteiger partial charge in [-0.2, -0.15) is 23.4 Å². The number of aromatic amines is 1. The van der Waals surface area contributed by atoms with Crippen molar-refractivity contribution in [3.05, 3.63) is 59.5 Å². The molecule has 2 N–H and O–H groups in total. The maximum atomic E-state index is 10.6. The van der Waals surface area contributed by atoms with Crippen LogP contribution < -0.4 is 0 Å². The van der Waals surface area contributed by atoms with Gasteiger partial charge in [0.1, 0.15) is 0 Å². The van der Waals surface area contributed by atoms with Crippen LogP contribution in [-0.4, -0.2) is 49.2 Å². The highest BCUT2D eigenvalue weighted by Gasteiger charge is 2.38. The van der Waals surface area contributed by atoms with Gasteiger partial charge in [0.15, 0.2) is 0 Å². The Morgan fingerprint density at radius 3 is 2.28 bits per heavy atom. The summed E-state index contributed by atoms with van der Waals surface area (Å²) in [5.41, 5.74) is 5.88. The fourth-order valence-electron chi connectivity index (χ4n) is 2.67. The topological polar surface area (TPSA) is 87.0 Å². The van der Waals surface area contributed by atoms with E-state index >= 15 is 0 Å². The van der Waals surface area contributed by atoms with Crippen LogP contribution >= 0.6 is 0 Å². The molecule has 0 aliphatic carbocycles. The van der Waals surface area contributed by atoms with Crippen LogP contribution in [0.2, 0.25) is 0 Å². The Hall–Kier alpha value is -3.14. The zero-order valence-electron chi connectivity index (χ0n) is 16.2. The molecular weight excluding hydrogens is 387 g/mol. The van der Waals surface area contributed by atoms with E-state index in [1.807, 2.05) is 17.8 Å². The summed E-state index contributed by atoms with van der Waals surface area (Å²) in [6.45, 7) is 3.88. The molecule has 3 aromatic rings. The molecule has 10 heteroatoms. The smallest absolute Gasteiger partial charge is 0.475 e. The predicted octanol–water partition coefficient (Wildman–Crippen LogP) is 3.38. The van der Waals surface area contributed by atoms with Crippen LogP contribution in [0.1, 0.15) is 16.8 Å². The van der Waals surface area contributed by atoms with E-state index < -0.39 is 12.1 Å². The number of nitrogens with zero attached hydrogens (tertiary/aromatic N) is 4. The van der Waals surface area contributed by atoms with Gasteiger partial charge in [-0.1, -0.05) is 24.3 Å². The van der Waals surface area contributed by atoms with E-state index in [1.165, 1.54) is 11.1 Å². The SMILES string of the molecule is Cc1nn(C)cc1CN(C)Cc1ccc(-c2ccn[nH]2)cc1.O=C(O)C(F)(F)F. The average Bonchev–Trinajstić information content (AvgIpc) is 3.25. The van der Waals surface area contributed by atoms with E-state index in [9.17, 15) is 13.2 Å². The van der Waals surface area contributed by atoms with Gasteiger partial charge in [0.05, 0.1) is 11.4 Å². The number of halogens is 3. The van der Waals surface area contributed by atoms with Gasteiger partial charge >= 0.3 is 12.1 Å². The van der Waals surface area contributed by atoms with E-state index in [0.717, 1.165) is 30.0 Å². The largest absolute Gasteiger partial charge is 0.490 e. The van der Waals surface area contributed by atoms with Crippen molar-refractivity contribution in [2.75, 3.05) is 7.05 Å². The summed E-state index contributed by atoms with van der Waals surface area (Å²) >= 11 is 0. The second kappa shape index (κ2) is 9.37. The zero-order chi connectivity index (χ0) is 21.6. The molecule has 0 radical (unpaired) electrons. The van der Waals surface area contributed by atoms with E-state index in [4.69, 9.17) is 9.90 Å². The molecule has 0 spiro atoms. The van der Waals surface area contributed by atoms with Gasteiger partial charge in [0.25, 0.3) is 0 Å². The quantitative estimate of drug-likeness (QED) is 0.675. The number of hydrogen-bond donors (Lipinski definition) is 2. The number of carbonyl (C=O) groups is 1. The number of rotatable bonds is 5. The Balaban J connectivity index is 0.000000370. The van der Waals surface area contributed by atoms with Crippen LogP contribution in [0, 0.1) is 6.92 Å². The minimum Gasteiger partial charge on any atom is -0.475 e. The minimum atomic E-state index is -5.08. The van der Waals surface area contributed by atoms with Crippen molar-refractivity contribution in [1.82, 2.24) is 24.9 Å². The first-order valence-corrected chi connectivity index (χ1v) is 8.62. The number of carboxylic acid groups (broad SMARTS) is 1. The maximum absolute atomic E-state index is 10.6. The highest BCUT2D eigenvalue weighted by atomic mass is 19.4. The van der Waals surface area contributed by atoms with Crippen molar-refractivity contribution in [2.45, 2.75) is 26.2 Å². The van der Waals surface area contributed by atoms with Crippen LogP contribution in [0.25, 0.3) is 11.3 Å². The van der Waals surface area contributed by atoms with Crippen molar-refractivity contribution in [1.29, 1.82) is 0 Å². The molecule has 2 aromatic heterocycles. The molecule has 2 heterocycles. The minimum absolute atomic E-state index is 0.905. The molecule has 0 saturated carbocycles. The molecule has 0 saturated heterocycles. The summed E-state index contributed by atoms with van der Waals surface area (Å²) in [7, 11) is 4.10. The highest BCUT2D eigenvalue weighted by Crippen LogP contribution is 2.18. The second-order valence-electron chi connectivity index (χ2n) is 6.56. The molecule has 0 unspecified atom stereocenters. The third-order valence-electron chi connectivity index (χ3n) is 4.02. The van der Waals surface area contributed by atoms with Crippen molar-refractivity contribution in [2.24, 2.45) is 7.05 Å². The molecular formula is C19H22F3N5O2. The zero-order valence-corrected chi connectivity index (χ0v) is 16.2. The maximum Gasteiger partial charge on any atom is 0.490 e. The van der Waals surface area contributed by atoms with Gasteiger partial charge < -0.3 is 5.11 Å². The molecule has 0 atom stereocenters. The van der Waals surface area contributed by atoms with Gasteiger partial charge in [0, 0.05) is 38.1 Å². The Bertz CT molecular complexity index is 918. The first-order chi connectivity index (χ1) is 13.6. The summed E-state index contributed by atoms with van der Waals surface area (Å²) in [4.78, 5) is 11.2. The number of aromatic nitrogens is 4. The molecule has 0 bridgehead atoms. The van der Waals surface area contributed by atoms with E-state index in [0.29, 0.717) is 0 Å². The Kier molecular flexibility index (Phi) is 7.16. The number of aliphatic carboxylic acids is 1. The molecule has 1 aromatic carbocycles. The fourth-order valence-corrected chi connectivity index (χ4v) is 2.67. The number of H-pyrrole nitrogens is 1. The van der Waals surface area contributed by atoms with Gasteiger partial charge in [-0.25, -0.2) is 4.79 Å². The highest BCUT2D eigenvalue weighted by molar-refractivity contribution is 5.73. The number of nitrogens with one attached hydrogen (secondary N) is 1. The number of aryl methyl sites for hydroxylation is 2. The van der Waals surface area contributed by atoms with Gasteiger partial charge in [-0.15, -0.1) is 0 Å². The van der Waals surface area contributed by atoms with Gasteiger partial charge in [-0.3, -0.25) is 14.7 Å². The Morgan fingerprint density at radius 1 is 1.21 bits per heavy atom. The summed E-state index contributed by atoms with van der Waals surface area (Å²) in [6, 6.07) is 10.6. The first-order valence-electron chi connectivity index (χ1n) is 8.62. The summed E-state index contributed by atoms with van der Waals surface area (Å²) in [6.07, 6.45) is -1.22. The fraction of sp³-hybridized carbons (Fsp3) is 0.316. The van der Waals surface area contributed by atoms with Gasteiger partial charge in [0.2, 0.25) is 0 Å². The molecule has 7 nitrogen and oxygen atoms in total. The molecule has 0 aliphatic heterocycles. The molecule has 29 heavy (non-hydrogen) atoms. The molecule has 156 valence electrons. The van der Waals surface area contributed by atoms with Crippen LogP contribution in [0.15, 0.2) is 42.7 Å². The lowest BCUT2D eigenvalue weighted by Gasteiger charge is -2.16. The molecule has 0 fully saturated rings. The number of hydrogen-bond acceptors (Lipinski definition) is 4. The van der Waals surface area contributed by atoms with E-state index in [1.54, 1.807) is 6.20 Å². The van der Waals surface area contributed by atoms with Crippen molar-refractivity contribution >= 4 is 5.97 Å². The number of alkyl halides is 3. The normalized spacial score (nSPS) is 11.3. The van der Waals surface area contributed by atoms with E-state index in [2.05, 4.69) is 64.6 Å². The first kappa shape index (κ1) is 22.2. The standard InChI is InChI=1S/C17H21N5.C2HF3O2/c1-13-16(12-22(3)20-13)11-21(2)10-14-4-6-15(7-5-14)17-8-9-18-19-17;3-2(4,5)1(6)7/h4-9,12H,10-11H2,1-3H3,(H,18,19);(H,6,7). The Labute approximate surface area is 165 Å².